The van der Waals surface area contributed by atoms with Gasteiger partial charge in [-0.2, -0.15) is 46.2 Å². The molecule has 0 aliphatic heterocycles. The molecule has 0 saturated heterocycles. The fourth-order valence-electron chi connectivity index (χ4n) is 1.68. The zero-order valence-electron chi connectivity index (χ0n) is 8.09. The number of benzene rings is 1. The maximum Gasteiger partial charge on any atom is 0.145 e. The highest BCUT2D eigenvalue weighted by atomic mass is 35.5. The number of halogens is 1. The predicted octanol–water partition coefficient (Wildman–Crippen LogP) is -0.902. The number of hydrogen-bond acceptors (Lipinski definition) is 6. The van der Waals surface area contributed by atoms with Crippen LogP contribution < -0.4 is 0 Å². The van der Waals surface area contributed by atoms with E-state index in [0.29, 0.717) is 33.1 Å². The molecule has 0 bridgehead atoms. The number of H-pyrrole nitrogens is 3. The van der Waals surface area contributed by atoms with Gasteiger partial charge < -0.3 is 5.48 Å². The molecule has 11 heteroatoms. The molecule has 88 valence electrons. The number of nitrogens with one attached hydrogen (secondary N) is 3. The van der Waals surface area contributed by atoms with Gasteiger partial charge in [-0.25, -0.2) is 0 Å². The molecule has 1 aromatic carbocycles. The maximum absolute atomic E-state index is 4.01. The molecule has 0 saturated carbocycles. The summed E-state index contributed by atoms with van der Waals surface area (Å²) in [6.45, 7) is 0. The van der Waals surface area contributed by atoms with Crippen molar-refractivity contribution in [2.24, 2.45) is 0 Å². The molecule has 0 aliphatic rings. The van der Waals surface area contributed by atoms with E-state index in [1.54, 1.807) is 0 Å². The van der Waals surface area contributed by atoms with Gasteiger partial charge in [0.1, 0.15) is 33.1 Å². The first kappa shape index (κ1) is 11.2. The van der Waals surface area contributed by atoms with Gasteiger partial charge in [-0.15, -0.1) is 12.4 Å². The Morgan fingerprint density at radius 3 is 0.824 bits per heavy atom. The fraction of sp³-hybridized carbons (Fsp3) is 0. The number of nitrogens with zero attached hydrogens (tertiary/aromatic N) is 6. The molecule has 10 nitrogen and oxygen atoms in total. The smallest absolute Gasteiger partial charge is 0.145 e. The normalized spacial score (nSPS) is 10.6. The van der Waals surface area contributed by atoms with Crippen molar-refractivity contribution in [1.29, 1.82) is 0 Å². The van der Waals surface area contributed by atoms with Crippen molar-refractivity contribution in [1.82, 2.24) is 46.2 Å². The average Bonchev–Trinajstić information content (AvgIpc) is 2.97. The van der Waals surface area contributed by atoms with E-state index in [-0.39, 0.29) is 17.9 Å². The van der Waals surface area contributed by atoms with E-state index < -0.39 is 0 Å². The Morgan fingerprint density at radius 2 is 0.647 bits per heavy atom. The zero-order valence-corrected chi connectivity index (χ0v) is 8.91. The van der Waals surface area contributed by atoms with Crippen LogP contribution in [0.3, 0.4) is 0 Å². The molecule has 0 radical (unpaired) electrons. The third-order valence-electron chi connectivity index (χ3n) is 2.32. The predicted molar refractivity (Wildman–Crippen MR) is 59.6 cm³/mol. The molecule has 0 aliphatic carbocycles. The second-order valence-electron chi connectivity index (χ2n) is 3.06. The van der Waals surface area contributed by atoms with Crippen molar-refractivity contribution in [3.63, 3.8) is 0 Å². The van der Waals surface area contributed by atoms with Gasteiger partial charge >= 0.3 is 0 Å². The van der Waals surface area contributed by atoms with Gasteiger partial charge in [0, 0.05) is 0 Å². The molecule has 4 rings (SSSR count). The molecule has 4 aromatic rings. The summed E-state index contributed by atoms with van der Waals surface area (Å²) in [5, 5.41) is 31.7. The highest BCUT2D eigenvalue weighted by Gasteiger charge is 2.17. The van der Waals surface area contributed by atoms with Gasteiger partial charge in [-0.1, -0.05) is 0 Å². The lowest BCUT2D eigenvalue weighted by Gasteiger charge is -1.87. The van der Waals surface area contributed by atoms with Crippen LogP contribution in [0.2, 0.25) is 0 Å². The summed E-state index contributed by atoms with van der Waals surface area (Å²) >= 11 is 0. The number of fused-ring (bicyclic) bond motifs is 6. The molecule has 3 aromatic heterocycles. The summed E-state index contributed by atoms with van der Waals surface area (Å²) < 4.78 is 0. The Labute approximate surface area is 97.9 Å². The van der Waals surface area contributed by atoms with Crippen LogP contribution in [-0.2, 0) is 0 Å². The van der Waals surface area contributed by atoms with Crippen molar-refractivity contribution in [2.75, 3.05) is 0 Å². The fourth-order valence-corrected chi connectivity index (χ4v) is 1.68. The number of hydrogen-bond donors (Lipinski definition) is 3. The quantitative estimate of drug-likeness (QED) is 0.369. The Balaban J connectivity index is 0.000000540. The molecule has 0 amide bonds. The van der Waals surface area contributed by atoms with Crippen molar-refractivity contribution < 1.29 is 5.48 Å². The number of aromatic amines is 3. The minimum atomic E-state index is 0. The molecule has 0 unspecified atom stereocenters. The standard InChI is InChI=1S/C6H3N9.ClH.H2O/c7-1-2(8-13-7)4-6(12-15-11-4)5-3(1)9-14-10-5;;/h(H,7,8,13)(H,9,10,14)(H,11,12,15);1H;1H2. The van der Waals surface area contributed by atoms with Crippen LogP contribution in [-0.4, -0.2) is 51.7 Å². The summed E-state index contributed by atoms with van der Waals surface area (Å²) in [4.78, 5) is 0. The van der Waals surface area contributed by atoms with Crippen molar-refractivity contribution in [3.8, 4) is 0 Å². The molecule has 5 N–H and O–H groups in total. The topological polar surface area (TPSA) is 156 Å². The van der Waals surface area contributed by atoms with E-state index in [2.05, 4.69) is 46.2 Å². The van der Waals surface area contributed by atoms with Gasteiger partial charge in [-0.05, 0) is 0 Å². The Hall–Kier alpha value is -2.33. The summed E-state index contributed by atoms with van der Waals surface area (Å²) in [5.41, 5.74) is 3.83. The third kappa shape index (κ3) is 1.18. The molecule has 0 atom stereocenters. The summed E-state index contributed by atoms with van der Waals surface area (Å²) in [5.74, 6) is 0. The van der Waals surface area contributed by atoms with Gasteiger partial charge in [0.05, 0.1) is 0 Å². The second-order valence-corrected chi connectivity index (χ2v) is 3.06. The Bertz CT molecular complexity index is 590. The van der Waals surface area contributed by atoms with Gasteiger partial charge in [0.2, 0.25) is 0 Å². The van der Waals surface area contributed by atoms with E-state index in [9.17, 15) is 0 Å². The van der Waals surface area contributed by atoms with Crippen LogP contribution in [0.15, 0.2) is 0 Å². The zero-order chi connectivity index (χ0) is 9.83. The Morgan fingerprint density at radius 1 is 0.471 bits per heavy atom. The lowest BCUT2D eigenvalue weighted by molar-refractivity contribution is 0.824. The van der Waals surface area contributed by atoms with E-state index >= 15 is 0 Å². The summed E-state index contributed by atoms with van der Waals surface area (Å²) in [6, 6.07) is 0. The first-order valence-electron chi connectivity index (χ1n) is 4.18. The lowest BCUT2D eigenvalue weighted by atomic mass is 10.2. The van der Waals surface area contributed by atoms with Crippen LogP contribution in [0.1, 0.15) is 0 Å². The number of rotatable bonds is 0. The highest BCUT2D eigenvalue weighted by Crippen LogP contribution is 2.26. The van der Waals surface area contributed by atoms with Gasteiger partial charge in [0.15, 0.2) is 0 Å². The van der Waals surface area contributed by atoms with E-state index in [4.69, 9.17) is 0 Å². The maximum atomic E-state index is 4.01. The molecule has 0 fully saturated rings. The SMILES string of the molecule is Cl.O.n1[nH]nc2c1c1n[nH]nc1c1n[nH]nc21. The van der Waals surface area contributed by atoms with Crippen LogP contribution in [0.5, 0.6) is 0 Å². The minimum absolute atomic E-state index is 0. The number of aromatic nitrogens is 9. The monoisotopic (exact) mass is 255 g/mol. The third-order valence-corrected chi connectivity index (χ3v) is 2.32. The van der Waals surface area contributed by atoms with Crippen molar-refractivity contribution in [2.45, 2.75) is 0 Å². The van der Waals surface area contributed by atoms with Crippen molar-refractivity contribution >= 4 is 45.5 Å². The average molecular weight is 256 g/mol. The van der Waals surface area contributed by atoms with E-state index in [1.165, 1.54) is 0 Å². The second kappa shape index (κ2) is 3.61. The minimum Gasteiger partial charge on any atom is -0.412 e. The van der Waals surface area contributed by atoms with E-state index in [0.717, 1.165) is 0 Å². The van der Waals surface area contributed by atoms with Crippen LogP contribution >= 0.6 is 12.4 Å². The summed E-state index contributed by atoms with van der Waals surface area (Å²) in [7, 11) is 0. The van der Waals surface area contributed by atoms with E-state index in [1.807, 2.05) is 0 Å². The molecular weight excluding hydrogens is 250 g/mol. The molecule has 0 spiro atoms. The lowest BCUT2D eigenvalue weighted by Crippen LogP contribution is -1.79. The van der Waals surface area contributed by atoms with Crippen LogP contribution in [0.25, 0.3) is 33.1 Å². The summed E-state index contributed by atoms with van der Waals surface area (Å²) in [6.07, 6.45) is 0. The van der Waals surface area contributed by atoms with Gasteiger partial charge in [-0.3, -0.25) is 0 Å². The largest absolute Gasteiger partial charge is 0.412 e. The molecule has 17 heavy (non-hydrogen) atoms. The molecular formula is C6H6ClN9O. The van der Waals surface area contributed by atoms with Gasteiger partial charge in [0.25, 0.3) is 0 Å². The molecule has 3 heterocycles. The van der Waals surface area contributed by atoms with Crippen LogP contribution in [0.4, 0.5) is 0 Å². The first-order valence-corrected chi connectivity index (χ1v) is 4.18. The Kier molecular flexibility index (Phi) is 2.37. The van der Waals surface area contributed by atoms with Crippen LogP contribution in [0, 0.1) is 0 Å². The highest BCUT2D eigenvalue weighted by molar-refractivity contribution is 6.17. The van der Waals surface area contributed by atoms with Crippen molar-refractivity contribution in [3.05, 3.63) is 0 Å². The first-order chi connectivity index (χ1) is 7.45.